The summed E-state index contributed by atoms with van der Waals surface area (Å²) in [7, 11) is 0. The highest BCUT2D eigenvalue weighted by atomic mass is 19.1. The van der Waals surface area contributed by atoms with Crippen molar-refractivity contribution in [2.24, 2.45) is 5.92 Å². The van der Waals surface area contributed by atoms with E-state index >= 15 is 0 Å². The molecule has 31 heavy (non-hydrogen) atoms. The van der Waals surface area contributed by atoms with Crippen LogP contribution in [0.25, 0.3) is 11.0 Å². The molecule has 1 aliphatic rings. The predicted molar refractivity (Wildman–Crippen MR) is 110 cm³/mol. The number of amides is 2. The summed E-state index contributed by atoms with van der Waals surface area (Å²) in [6.45, 7) is 5.45. The number of carbonyl (C=O) groups is 1. The summed E-state index contributed by atoms with van der Waals surface area (Å²) in [5.74, 6) is -0.638. The maximum atomic E-state index is 14.1. The molecule has 1 fully saturated rings. The Morgan fingerprint density at radius 2 is 1.87 bits per heavy atom. The molecule has 0 radical (unpaired) electrons. The number of halogens is 3. The first kappa shape index (κ1) is 21.1. The van der Waals surface area contributed by atoms with Gasteiger partial charge in [0.05, 0.1) is 24.1 Å². The Hall–Kier alpha value is -3.10. The zero-order valence-corrected chi connectivity index (χ0v) is 17.4. The number of benzene rings is 1. The monoisotopic (exact) mass is 432 g/mol. The van der Waals surface area contributed by atoms with Gasteiger partial charge in [0.15, 0.2) is 11.4 Å². The smallest absolute Gasteiger partial charge is 0.319 e. The van der Waals surface area contributed by atoms with Gasteiger partial charge in [-0.25, -0.2) is 27.9 Å². The first-order valence-corrected chi connectivity index (χ1v) is 10.1. The van der Waals surface area contributed by atoms with Crippen molar-refractivity contribution in [2.75, 3.05) is 5.32 Å². The number of furan rings is 1. The number of aryl methyl sites for hydroxylation is 1. The molecule has 1 saturated carbocycles. The van der Waals surface area contributed by atoms with Crippen molar-refractivity contribution >= 4 is 22.7 Å². The van der Waals surface area contributed by atoms with Gasteiger partial charge in [0, 0.05) is 22.9 Å². The van der Waals surface area contributed by atoms with Crippen molar-refractivity contribution in [1.29, 1.82) is 0 Å². The van der Waals surface area contributed by atoms with E-state index < -0.39 is 29.9 Å². The van der Waals surface area contributed by atoms with Gasteiger partial charge >= 0.3 is 6.03 Å². The topological polar surface area (TPSA) is 80.0 Å². The molecule has 0 spiro atoms. The molecule has 6 nitrogen and oxygen atoms in total. The molecule has 0 unspecified atom stereocenters. The van der Waals surface area contributed by atoms with Gasteiger partial charge in [-0.3, -0.25) is 0 Å². The molecule has 3 aromatic rings. The minimum Gasteiger partial charge on any atom is -0.455 e. The fraction of sp³-hybridized carbons (Fsp3) is 0.409. The Kier molecular flexibility index (Phi) is 5.60. The van der Waals surface area contributed by atoms with Gasteiger partial charge in [0.1, 0.15) is 23.6 Å². The maximum absolute atomic E-state index is 14.1. The van der Waals surface area contributed by atoms with Crippen LogP contribution in [0.2, 0.25) is 0 Å². The second-order valence-electron chi connectivity index (χ2n) is 8.27. The predicted octanol–water partition coefficient (Wildman–Crippen LogP) is 5.54. The van der Waals surface area contributed by atoms with E-state index in [1.807, 2.05) is 13.8 Å². The first-order chi connectivity index (χ1) is 14.7. The number of carbonyl (C=O) groups excluding carboxylic acids is 1. The third-order valence-electron chi connectivity index (χ3n) is 5.61. The number of hydrogen-bond donors (Lipinski definition) is 2. The third-order valence-corrected chi connectivity index (χ3v) is 5.61. The van der Waals surface area contributed by atoms with Crippen molar-refractivity contribution in [1.82, 2.24) is 15.3 Å². The van der Waals surface area contributed by atoms with Gasteiger partial charge in [0.2, 0.25) is 0 Å². The van der Waals surface area contributed by atoms with Crippen LogP contribution < -0.4 is 10.6 Å². The van der Waals surface area contributed by atoms with Crippen LogP contribution in [-0.2, 0) is 0 Å². The van der Waals surface area contributed by atoms with E-state index in [1.54, 1.807) is 6.92 Å². The molecule has 164 valence electrons. The fourth-order valence-corrected chi connectivity index (χ4v) is 3.77. The number of rotatable bonds is 5. The first-order valence-electron chi connectivity index (χ1n) is 10.1. The van der Waals surface area contributed by atoms with Crippen LogP contribution in [0.3, 0.4) is 0 Å². The Bertz CT molecular complexity index is 1110. The number of alkyl halides is 1. The second-order valence-corrected chi connectivity index (χ2v) is 8.27. The van der Waals surface area contributed by atoms with Crippen LogP contribution in [0.4, 0.5) is 23.7 Å². The quantitative estimate of drug-likeness (QED) is 0.554. The maximum Gasteiger partial charge on any atom is 0.319 e. The van der Waals surface area contributed by atoms with Crippen molar-refractivity contribution in [2.45, 2.75) is 51.7 Å². The molecular weight excluding hydrogens is 409 g/mol. The van der Waals surface area contributed by atoms with Crippen LogP contribution in [0, 0.1) is 24.5 Å². The Morgan fingerprint density at radius 1 is 1.19 bits per heavy atom. The van der Waals surface area contributed by atoms with E-state index in [0.29, 0.717) is 41.1 Å². The minimum atomic E-state index is -0.795. The number of hydrogen-bond acceptors (Lipinski definition) is 4. The lowest BCUT2D eigenvalue weighted by atomic mass is 9.83. The second kappa shape index (κ2) is 8.20. The fourth-order valence-electron chi connectivity index (χ4n) is 3.77. The Balaban J connectivity index is 1.50. The normalized spacial score (nSPS) is 19.3. The van der Waals surface area contributed by atoms with Gasteiger partial charge in [0.25, 0.3) is 0 Å². The molecule has 2 aromatic heterocycles. The minimum absolute atomic E-state index is 0.0180. The molecule has 0 aliphatic heterocycles. The summed E-state index contributed by atoms with van der Waals surface area (Å²) >= 11 is 0. The lowest BCUT2D eigenvalue weighted by Gasteiger charge is -2.28. The Labute approximate surface area is 177 Å². The Morgan fingerprint density at radius 3 is 2.48 bits per heavy atom. The molecule has 4 rings (SSSR count). The zero-order valence-electron chi connectivity index (χ0n) is 17.4. The third kappa shape index (κ3) is 4.22. The number of fused-ring (bicyclic) bond motifs is 1. The van der Waals surface area contributed by atoms with Crippen LogP contribution in [-0.4, -0.2) is 22.2 Å². The largest absolute Gasteiger partial charge is 0.455 e. The number of anilines is 1. The van der Waals surface area contributed by atoms with Crippen LogP contribution in [0.1, 0.15) is 55.8 Å². The highest BCUT2D eigenvalue weighted by Crippen LogP contribution is 2.37. The van der Waals surface area contributed by atoms with E-state index in [-0.39, 0.29) is 17.4 Å². The molecular formula is C22H23F3N4O2. The number of urea groups is 1. The lowest BCUT2D eigenvalue weighted by Crippen LogP contribution is -2.35. The average molecular weight is 432 g/mol. The summed E-state index contributed by atoms with van der Waals surface area (Å²) < 4.78 is 46.4. The molecule has 1 atom stereocenters. The SMILES string of the molecule is Cc1c([C@H](NC(=O)Nc2cnc(C3CC(F)C3)nc2)C(C)C)oc2c(F)cc(F)cc12. The molecule has 2 N–H and O–H groups in total. The van der Waals surface area contributed by atoms with Crippen molar-refractivity contribution < 1.29 is 22.4 Å². The average Bonchev–Trinajstić information content (AvgIpc) is 3.01. The van der Waals surface area contributed by atoms with E-state index in [9.17, 15) is 18.0 Å². The standard InChI is InChI=1S/C22H23F3N4O2/c1-10(2)18(19-11(3)16-6-14(24)7-17(25)20(16)31-19)29-22(30)28-15-8-26-21(27-9-15)12-4-13(23)5-12/h6-10,12-13,18H,4-5H2,1-3H3,(H2,28,29,30)/t12?,13?,18-/m1/s1. The summed E-state index contributed by atoms with van der Waals surface area (Å²) in [5.41, 5.74) is 0.901. The van der Waals surface area contributed by atoms with Gasteiger partial charge < -0.3 is 15.1 Å². The highest BCUT2D eigenvalue weighted by molar-refractivity contribution is 5.89. The summed E-state index contributed by atoms with van der Waals surface area (Å²) in [5, 5.41) is 5.80. The summed E-state index contributed by atoms with van der Waals surface area (Å²) in [4.78, 5) is 21.0. The molecule has 2 amide bonds. The van der Waals surface area contributed by atoms with Gasteiger partial charge in [-0.05, 0) is 31.7 Å². The molecule has 1 aliphatic carbocycles. The van der Waals surface area contributed by atoms with Crippen LogP contribution in [0.15, 0.2) is 28.9 Å². The number of nitrogens with zero attached hydrogens (tertiary/aromatic N) is 2. The van der Waals surface area contributed by atoms with Gasteiger partial charge in [-0.2, -0.15) is 0 Å². The summed E-state index contributed by atoms with van der Waals surface area (Å²) in [6.07, 6.45) is 3.00. The molecule has 2 heterocycles. The van der Waals surface area contributed by atoms with Gasteiger partial charge in [-0.15, -0.1) is 0 Å². The lowest BCUT2D eigenvalue weighted by molar-refractivity contribution is 0.174. The van der Waals surface area contributed by atoms with E-state index in [2.05, 4.69) is 20.6 Å². The number of aromatic nitrogens is 2. The molecule has 9 heteroatoms. The van der Waals surface area contributed by atoms with Crippen molar-refractivity contribution in [3.05, 3.63) is 53.3 Å². The molecule has 0 bridgehead atoms. The number of nitrogens with one attached hydrogen (secondary N) is 2. The molecule has 1 aromatic carbocycles. The van der Waals surface area contributed by atoms with Crippen LogP contribution >= 0.6 is 0 Å². The van der Waals surface area contributed by atoms with E-state index in [4.69, 9.17) is 4.42 Å². The summed E-state index contributed by atoms with van der Waals surface area (Å²) in [6, 6.07) is 0.880. The zero-order chi connectivity index (χ0) is 22.3. The van der Waals surface area contributed by atoms with E-state index in [1.165, 1.54) is 18.5 Å². The van der Waals surface area contributed by atoms with Crippen molar-refractivity contribution in [3.63, 3.8) is 0 Å². The van der Waals surface area contributed by atoms with E-state index in [0.717, 1.165) is 6.07 Å². The highest BCUT2D eigenvalue weighted by Gasteiger charge is 2.32. The van der Waals surface area contributed by atoms with Crippen LogP contribution in [0.5, 0.6) is 0 Å². The molecule has 0 saturated heterocycles. The van der Waals surface area contributed by atoms with Gasteiger partial charge in [-0.1, -0.05) is 13.8 Å². The van der Waals surface area contributed by atoms with Crippen molar-refractivity contribution in [3.8, 4) is 0 Å².